The highest BCUT2D eigenvalue weighted by molar-refractivity contribution is 5.94. The molecule has 0 fully saturated rings. The zero-order valence-electron chi connectivity index (χ0n) is 19.1. The van der Waals surface area contributed by atoms with Crippen LogP contribution in [0, 0.1) is 20.8 Å². The first kappa shape index (κ1) is 23.1. The Morgan fingerprint density at radius 3 is 2.41 bits per heavy atom. The molecule has 32 heavy (non-hydrogen) atoms. The predicted molar refractivity (Wildman–Crippen MR) is 123 cm³/mol. The first-order chi connectivity index (χ1) is 15.3. The highest BCUT2D eigenvalue weighted by atomic mass is 16.6. The van der Waals surface area contributed by atoms with E-state index in [0.717, 1.165) is 16.9 Å². The average Bonchev–Trinajstić information content (AvgIpc) is 3.05. The number of carbonyl (C=O) groups excluding carboxylic acids is 2. The number of nitrogens with one attached hydrogen (secondary N) is 1. The number of benzene rings is 2. The van der Waals surface area contributed by atoms with Gasteiger partial charge in [-0.1, -0.05) is 38.1 Å². The van der Waals surface area contributed by atoms with E-state index in [9.17, 15) is 9.59 Å². The van der Waals surface area contributed by atoms with Gasteiger partial charge in [-0.15, -0.1) is 0 Å². The Labute approximate surface area is 188 Å². The Hall–Kier alpha value is -3.61. The molecule has 3 aromatic rings. The summed E-state index contributed by atoms with van der Waals surface area (Å²) in [6, 6.07) is 15.4. The van der Waals surface area contributed by atoms with Crippen LogP contribution in [0.1, 0.15) is 42.3 Å². The highest BCUT2D eigenvalue weighted by Crippen LogP contribution is 2.24. The van der Waals surface area contributed by atoms with Crippen molar-refractivity contribution in [1.29, 1.82) is 0 Å². The molecule has 1 aromatic heterocycles. The van der Waals surface area contributed by atoms with Crippen molar-refractivity contribution in [1.82, 2.24) is 9.78 Å². The molecule has 0 aliphatic rings. The Balaban J connectivity index is 1.51. The molecule has 1 heterocycles. The maximum atomic E-state index is 12.3. The minimum atomic E-state index is -0.612. The summed E-state index contributed by atoms with van der Waals surface area (Å²) in [5.74, 6) is -0.0408. The SMILES string of the molecule is Cc1cc(OCC(=O)OCC(=O)Nc2c(C)nn(-c3ccccc3)c2C)ccc1C(C)C. The van der Waals surface area contributed by atoms with Gasteiger partial charge in [0.1, 0.15) is 5.75 Å². The third-order valence-electron chi connectivity index (χ3n) is 5.14. The van der Waals surface area contributed by atoms with E-state index in [1.807, 2.05) is 69.3 Å². The van der Waals surface area contributed by atoms with E-state index in [1.54, 1.807) is 4.68 Å². The lowest BCUT2D eigenvalue weighted by molar-refractivity contribution is -0.149. The summed E-state index contributed by atoms with van der Waals surface area (Å²) in [5.41, 5.74) is 5.30. The molecule has 1 amide bonds. The second-order valence-electron chi connectivity index (χ2n) is 7.96. The number of para-hydroxylation sites is 1. The van der Waals surface area contributed by atoms with Crippen LogP contribution in [0.5, 0.6) is 5.75 Å². The molecule has 0 saturated carbocycles. The number of carbonyl (C=O) groups is 2. The standard InChI is InChI=1S/C25H29N3O4/c1-16(2)22-12-11-21(13-17(22)3)31-15-24(30)32-14-23(29)26-25-18(4)27-28(19(25)5)20-9-7-6-8-10-20/h6-13,16H,14-15H2,1-5H3,(H,26,29). The molecule has 3 rings (SSSR count). The van der Waals surface area contributed by atoms with Crippen LogP contribution in [0.15, 0.2) is 48.5 Å². The summed E-state index contributed by atoms with van der Waals surface area (Å²) in [7, 11) is 0. The van der Waals surface area contributed by atoms with Gasteiger partial charge in [0.05, 0.1) is 22.8 Å². The molecule has 0 unspecified atom stereocenters. The van der Waals surface area contributed by atoms with E-state index in [2.05, 4.69) is 24.3 Å². The van der Waals surface area contributed by atoms with Crippen LogP contribution >= 0.6 is 0 Å². The van der Waals surface area contributed by atoms with Crippen molar-refractivity contribution in [2.45, 2.75) is 40.5 Å². The zero-order chi connectivity index (χ0) is 23.3. The lowest BCUT2D eigenvalue weighted by Gasteiger charge is -2.12. The molecule has 0 aliphatic heterocycles. The third kappa shape index (κ3) is 5.55. The highest BCUT2D eigenvalue weighted by Gasteiger charge is 2.16. The number of aromatic nitrogens is 2. The van der Waals surface area contributed by atoms with Crippen LogP contribution in [-0.2, 0) is 14.3 Å². The van der Waals surface area contributed by atoms with Crippen LogP contribution in [0.25, 0.3) is 5.69 Å². The van der Waals surface area contributed by atoms with E-state index >= 15 is 0 Å². The Bertz CT molecular complexity index is 1100. The average molecular weight is 436 g/mol. The van der Waals surface area contributed by atoms with Gasteiger partial charge in [0.2, 0.25) is 0 Å². The molecule has 0 aliphatic carbocycles. The lowest BCUT2D eigenvalue weighted by atomic mass is 9.98. The van der Waals surface area contributed by atoms with E-state index in [4.69, 9.17) is 9.47 Å². The largest absolute Gasteiger partial charge is 0.482 e. The van der Waals surface area contributed by atoms with Crippen LogP contribution in [0.4, 0.5) is 5.69 Å². The Morgan fingerprint density at radius 1 is 1.03 bits per heavy atom. The van der Waals surface area contributed by atoms with Gasteiger partial charge in [0.15, 0.2) is 13.2 Å². The van der Waals surface area contributed by atoms with Crippen LogP contribution in [0.3, 0.4) is 0 Å². The number of ether oxygens (including phenoxy) is 2. The van der Waals surface area contributed by atoms with E-state index in [1.165, 1.54) is 5.56 Å². The molecule has 0 spiro atoms. The van der Waals surface area contributed by atoms with E-state index < -0.39 is 18.5 Å². The van der Waals surface area contributed by atoms with Gasteiger partial charge in [-0.25, -0.2) is 9.48 Å². The van der Waals surface area contributed by atoms with Crippen molar-refractivity contribution >= 4 is 17.6 Å². The predicted octanol–water partition coefficient (Wildman–Crippen LogP) is 4.48. The minimum absolute atomic E-state index is 0.266. The van der Waals surface area contributed by atoms with Crippen molar-refractivity contribution in [2.75, 3.05) is 18.5 Å². The fraction of sp³-hybridized carbons (Fsp3) is 0.320. The van der Waals surface area contributed by atoms with Crippen molar-refractivity contribution in [3.63, 3.8) is 0 Å². The first-order valence-electron chi connectivity index (χ1n) is 10.6. The fourth-order valence-electron chi connectivity index (χ4n) is 3.54. The van der Waals surface area contributed by atoms with Gasteiger partial charge in [-0.05, 0) is 62.1 Å². The number of hydrogen-bond acceptors (Lipinski definition) is 5. The quantitative estimate of drug-likeness (QED) is 0.528. The van der Waals surface area contributed by atoms with Gasteiger partial charge in [-0.2, -0.15) is 5.10 Å². The molecule has 7 nitrogen and oxygen atoms in total. The smallest absolute Gasteiger partial charge is 0.344 e. The maximum Gasteiger partial charge on any atom is 0.344 e. The molecule has 0 bridgehead atoms. The van der Waals surface area contributed by atoms with E-state index in [0.29, 0.717) is 23.0 Å². The zero-order valence-corrected chi connectivity index (χ0v) is 19.1. The molecular weight excluding hydrogens is 406 g/mol. The molecular formula is C25H29N3O4. The molecule has 1 N–H and O–H groups in total. The number of hydrogen-bond donors (Lipinski definition) is 1. The summed E-state index contributed by atoms with van der Waals surface area (Å²) in [6.07, 6.45) is 0. The Kier molecular flexibility index (Phi) is 7.30. The summed E-state index contributed by atoms with van der Waals surface area (Å²) in [5, 5.41) is 7.27. The monoisotopic (exact) mass is 435 g/mol. The number of anilines is 1. The molecule has 2 aromatic carbocycles. The number of rotatable bonds is 8. The van der Waals surface area contributed by atoms with Crippen molar-refractivity contribution < 1.29 is 19.1 Å². The maximum absolute atomic E-state index is 12.3. The molecule has 0 radical (unpaired) electrons. The van der Waals surface area contributed by atoms with Gasteiger partial charge in [0, 0.05) is 0 Å². The van der Waals surface area contributed by atoms with Crippen LogP contribution in [-0.4, -0.2) is 34.9 Å². The minimum Gasteiger partial charge on any atom is -0.482 e. The number of amides is 1. The van der Waals surface area contributed by atoms with Crippen molar-refractivity contribution in [3.8, 4) is 11.4 Å². The summed E-state index contributed by atoms with van der Waals surface area (Å²) in [4.78, 5) is 24.3. The number of esters is 1. The van der Waals surface area contributed by atoms with Gasteiger partial charge < -0.3 is 14.8 Å². The molecule has 0 atom stereocenters. The molecule has 168 valence electrons. The van der Waals surface area contributed by atoms with Gasteiger partial charge in [-0.3, -0.25) is 4.79 Å². The summed E-state index contributed by atoms with van der Waals surface area (Å²) < 4.78 is 12.3. The molecule has 0 saturated heterocycles. The fourth-order valence-corrected chi connectivity index (χ4v) is 3.54. The van der Waals surface area contributed by atoms with Gasteiger partial charge >= 0.3 is 5.97 Å². The Morgan fingerprint density at radius 2 is 1.75 bits per heavy atom. The van der Waals surface area contributed by atoms with E-state index in [-0.39, 0.29) is 6.61 Å². The third-order valence-corrected chi connectivity index (χ3v) is 5.14. The second-order valence-corrected chi connectivity index (χ2v) is 7.96. The first-order valence-corrected chi connectivity index (χ1v) is 10.6. The molecule has 7 heteroatoms. The van der Waals surface area contributed by atoms with Crippen molar-refractivity contribution in [3.05, 3.63) is 71.0 Å². The second kappa shape index (κ2) is 10.1. The number of aryl methyl sites for hydroxylation is 2. The van der Waals surface area contributed by atoms with Crippen LogP contribution in [0.2, 0.25) is 0 Å². The topological polar surface area (TPSA) is 82.4 Å². The van der Waals surface area contributed by atoms with Crippen molar-refractivity contribution in [2.24, 2.45) is 0 Å². The van der Waals surface area contributed by atoms with Crippen LogP contribution < -0.4 is 10.1 Å². The lowest BCUT2D eigenvalue weighted by Crippen LogP contribution is -2.24. The normalized spacial score (nSPS) is 10.8. The number of nitrogens with zero attached hydrogens (tertiary/aromatic N) is 2. The summed E-state index contributed by atoms with van der Waals surface area (Å²) >= 11 is 0. The van der Waals surface area contributed by atoms with Gasteiger partial charge in [0.25, 0.3) is 5.91 Å². The summed E-state index contributed by atoms with van der Waals surface area (Å²) in [6.45, 7) is 9.28.